The molecular weight excluding hydrogens is 370 g/mol. The summed E-state index contributed by atoms with van der Waals surface area (Å²) in [5.41, 5.74) is 0.890. The summed E-state index contributed by atoms with van der Waals surface area (Å²) in [4.78, 5) is 13.8. The van der Waals surface area contributed by atoms with Gasteiger partial charge in [0.25, 0.3) is 0 Å². The van der Waals surface area contributed by atoms with Crippen LogP contribution >= 0.6 is 15.9 Å². The fourth-order valence-corrected chi connectivity index (χ4v) is 2.98. The van der Waals surface area contributed by atoms with E-state index >= 15 is 0 Å². The van der Waals surface area contributed by atoms with Crippen LogP contribution in [0.1, 0.15) is 39.2 Å². The van der Waals surface area contributed by atoms with Crippen LogP contribution in [0, 0.1) is 5.92 Å². The van der Waals surface area contributed by atoms with Crippen LogP contribution in [0.5, 0.6) is 5.75 Å². The molecule has 5 heteroatoms. The summed E-state index contributed by atoms with van der Waals surface area (Å²) in [6.45, 7) is 7.77. The van der Waals surface area contributed by atoms with Gasteiger partial charge in [0.2, 0.25) is 0 Å². The van der Waals surface area contributed by atoms with Gasteiger partial charge in [-0.1, -0.05) is 28.1 Å². The van der Waals surface area contributed by atoms with Crippen molar-refractivity contribution in [1.29, 1.82) is 0 Å². The number of benzene rings is 1. The maximum Gasteiger partial charge on any atom is 0.410 e. The van der Waals surface area contributed by atoms with Gasteiger partial charge in [-0.3, -0.25) is 0 Å². The molecule has 0 aromatic heterocycles. The van der Waals surface area contributed by atoms with Crippen molar-refractivity contribution < 1.29 is 14.3 Å². The lowest BCUT2D eigenvalue weighted by atomic mass is 10.1. The SMILES string of the molecule is CC(C)(C)OC(=O)N1CCC(COc2ccc(CCCBr)cc2)C1. The molecule has 1 heterocycles. The normalized spacial score (nSPS) is 17.8. The molecule has 24 heavy (non-hydrogen) atoms. The molecule has 1 aliphatic heterocycles. The van der Waals surface area contributed by atoms with E-state index in [1.165, 1.54) is 5.56 Å². The highest BCUT2D eigenvalue weighted by Gasteiger charge is 2.30. The number of amides is 1. The summed E-state index contributed by atoms with van der Waals surface area (Å²) in [5, 5.41) is 1.03. The van der Waals surface area contributed by atoms with Gasteiger partial charge in [0.15, 0.2) is 0 Å². The zero-order chi connectivity index (χ0) is 17.6. The second kappa shape index (κ2) is 8.75. The number of aryl methyl sites for hydroxylation is 1. The standard InChI is InChI=1S/C19H28BrNO3/c1-19(2,3)24-18(22)21-12-10-16(13-21)14-23-17-8-6-15(7-9-17)5-4-11-20/h6-9,16H,4-5,10-14H2,1-3H3. The van der Waals surface area contributed by atoms with Crippen molar-refractivity contribution in [2.24, 2.45) is 5.92 Å². The number of nitrogens with zero attached hydrogens (tertiary/aromatic N) is 1. The minimum atomic E-state index is -0.442. The Morgan fingerprint density at radius 3 is 2.62 bits per heavy atom. The minimum absolute atomic E-state index is 0.221. The lowest BCUT2D eigenvalue weighted by molar-refractivity contribution is 0.0285. The number of hydrogen-bond donors (Lipinski definition) is 0. The summed E-state index contributed by atoms with van der Waals surface area (Å²) >= 11 is 3.45. The molecule has 1 unspecified atom stereocenters. The molecule has 0 spiro atoms. The van der Waals surface area contributed by atoms with Crippen LogP contribution in [0.15, 0.2) is 24.3 Å². The van der Waals surface area contributed by atoms with Gasteiger partial charge >= 0.3 is 6.09 Å². The van der Waals surface area contributed by atoms with Crippen LogP contribution in [-0.2, 0) is 11.2 Å². The van der Waals surface area contributed by atoms with Crippen molar-refractivity contribution in [3.8, 4) is 5.75 Å². The molecule has 1 amide bonds. The summed E-state index contributed by atoms with van der Waals surface area (Å²) in [5.74, 6) is 1.26. The Bertz CT molecular complexity index is 524. The molecule has 1 atom stereocenters. The van der Waals surface area contributed by atoms with E-state index in [2.05, 4.69) is 28.1 Å². The van der Waals surface area contributed by atoms with Gasteiger partial charge in [-0.05, 0) is 57.7 Å². The Kier molecular flexibility index (Phi) is 6.96. The van der Waals surface area contributed by atoms with E-state index in [1.807, 2.05) is 32.9 Å². The van der Waals surface area contributed by atoms with Gasteiger partial charge in [-0.2, -0.15) is 0 Å². The van der Waals surface area contributed by atoms with Crippen LogP contribution in [0.3, 0.4) is 0 Å². The molecule has 134 valence electrons. The molecule has 0 aliphatic carbocycles. The van der Waals surface area contributed by atoms with E-state index in [4.69, 9.17) is 9.47 Å². The van der Waals surface area contributed by atoms with E-state index < -0.39 is 5.60 Å². The van der Waals surface area contributed by atoms with Crippen LogP contribution in [0.2, 0.25) is 0 Å². The first-order valence-corrected chi connectivity index (χ1v) is 9.75. The van der Waals surface area contributed by atoms with Crippen molar-refractivity contribution in [2.45, 2.75) is 45.6 Å². The topological polar surface area (TPSA) is 38.8 Å². The summed E-state index contributed by atoms with van der Waals surface area (Å²) in [6, 6.07) is 8.31. The number of ether oxygens (including phenoxy) is 2. The molecule has 1 aliphatic rings. The number of carbonyl (C=O) groups excluding carboxylic acids is 1. The van der Waals surface area contributed by atoms with Gasteiger partial charge < -0.3 is 14.4 Å². The van der Waals surface area contributed by atoms with Crippen molar-refractivity contribution in [3.05, 3.63) is 29.8 Å². The summed E-state index contributed by atoms with van der Waals surface area (Å²) in [6.07, 6.45) is 2.96. The quantitative estimate of drug-likeness (QED) is 0.655. The maximum atomic E-state index is 12.1. The van der Waals surface area contributed by atoms with Crippen molar-refractivity contribution >= 4 is 22.0 Å². The number of alkyl halides is 1. The van der Waals surface area contributed by atoms with Crippen LogP contribution < -0.4 is 4.74 Å². The number of halogens is 1. The first-order valence-electron chi connectivity index (χ1n) is 8.63. The molecule has 1 fully saturated rings. The summed E-state index contributed by atoms with van der Waals surface area (Å²) in [7, 11) is 0. The van der Waals surface area contributed by atoms with E-state index in [9.17, 15) is 4.79 Å². The highest BCUT2D eigenvalue weighted by atomic mass is 79.9. The molecular formula is C19H28BrNO3. The fourth-order valence-electron chi connectivity index (χ4n) is 2.70. The molecule has 0 radical (unpaired) electrons. The lowest BCUT2D eigenvalue weighted by Gasteiger charge is -2.24. The average Bonchev–Trinajstić information content (AvgIpc) is 2.99. The second-order valence-corrected chi connectivity index (χ2v) is 8.12. The van der Waals surface area contributed by atoms with E-state index in [1.54, 1.807) is 4.90 Å². The van der Waals surface area contributed by atoms with Gasteiger partial charge in [-0.15, -0.1) is 0 Å². The predicted octanol–water partition coefficient (Wildman–Crippen LogP) is 4.65. The second-order valence-electron chi connectivity index (χ2n) is 7.33. The molecule has 4 nitrogen and oxygen atoms in total. The van der Waals surface area contributed by atoms with Crippen LogP contribution in [0.25, 0.3) is 0 Å². The van der Waals surface area contributed by atoms with Gasteiger partial charge in [0.05, 0.1) is 6.61 Å². The lowest BCUT2D eigenvalue weighted by Crippen LogP contribution is -2.35. The molecule has 1 saturated heterocycles. The number of carbonyl (C=O) groups is 1. The Morgan fingerprint density at radius 2 is 2.00 bits per heavy atom. The molecule has 2 rings (SSSR count). The van der Waals surface area contributed by atoms with E-state index in [0.717, 1.165) is 36.9 Å². The number of hydrogen-bond acceptors (Lipinski definition) is 3. The van der Waals surface area contributed by atoms with Crippen LogP contribution in [0.4, 0.5) is 4.79 Å². The Labute approximate surface area is 153 Å². The Balaban J connectivity index is 1.74. The van der Waals surface area contributed by atoms with E-state index in [-0.39, 0.29) is 6.09 Å². The molecule has 0 N–H and O–H groups in total. The Morgan fingerprint density at radius 1 is 1.29 bits per heavy atom. The molecule has 0 bridgehead atoms. The summed E-state index contributed by atoms with van der Waals surface area (Å²) < 4.78 is 11.3. The zero-order valence-electron chi connectivity index (χ0n) is 14.9. The van der Waals surface area contributed by atoms with Crippen LogP contribution in [-0.4, -0.2) is 41.6 Å². The van der Waals surface area contributed by atoms with Gasteiger partial charge in [0.1, 0.15) is 11.4 Å². The van der Waals surface area contributed by atoms with Crippen molar-refractivity contribution in [1.82, 2.24) is 4.90 Å². The fraction of sp³-hybridized carbons (Fsp3) is 0.632. The first-order chi connectivity index (χ1) is 11.4. The molecule has 0 saturated carbocycles. The first kappa shape index (κ1) is 19.1. The van der Waals surface area contributed by atoms with Crippen molar-refractivity contribution in [2.75, 3.05) is 25.0 Å². The zero-order valence-corrected chi connectivity index (χ0v) is 16.5. The molecule has 1 aromatic carbocycles. The van der Waals surface area contributed by atoms with Gasteiger partial charge in [0, 0.05) is 24.3 Å². The monoisotopic (exact) mass is 397 g/mol. The Hall–Kier alpha value is -1.23. The maximum absolute atomic E-state index is 12.1. The molecule has 1 aromatic rings. The number of rotatable bonds is 6. The minimum Gasteiger partial charge on any atom is -0.493 e. The largest absolute Gasteiger partial charge is 0.493 e. The third-order valence-electron chi connectivity index (χ3n) is 3.95. The highest BCUT2D eigenvalue weighted by molar-refractivity contribution is 9.09. The average molecular weight is 398 g/mol. The predicted molar refractivity (Wildman–Crippen MR) is 100.0 cm³/mol. The highest BCUT2D eigenvalue weighted by Crippen LogP contribution is 2.21. The third-order valence-corrected chi connectivity index (χ3v) is 4.51. The van der Waals surface area contributed by atoms with Crippen molar-refractivity contribution in [3.63, 3.8) is 0 Å². The van der Waals surface area contributed by atoms with E-state index in [0.29, 0.717) is 19.1 Å². The smallest absolute Gasteiger partial charge is 0.410 e. The third kappa shape index (κ3) is 6.34. The number of likely N-dealkylation sites (tertiary alicyclic amines) is 1. The van der Waals surface area contributed by atoms with Gasteiger partial charge in [-0.25, -0.2) is 4.79 Å².